The predicted octanol–water partition coefficient (Wildman–Crippen LogP) is -2.88. The molecule has 0 saturated heterocycles. The van der Waals surface area contributed by atoms with Crippen molar-refractivity contribution in [2.75, 3.05) is 0 Å². The van der Waals surface area contributed by atoms with Gasteiger partial charge in [0.15, 0.2) is 0 Å². The van der Waals surface area contributed by atoms with Crippen LogP contribution in [-0.4, -0.2) is 10.4 Å². The predicted molar refractivity (Wildman–Crippen MR) is 18.9 cm³/mol. The molecule has 0 aliphatic carbocycles. The van der Waals surface area contributed by atoms with Gasteiger partial charge in [-0.25, -0.2) is 0 Å². The Bertz CT molecular complexity index is 19.4. The van der Waals surface area contributed by atoms with Crippen LogP contribution < -0.4 is 23.4 Å². The fourth-order valence-electron chi connectivity index (χ4n) is 0. The van der Waals surface area contributed by atoms with Crippen molar-refractivity contribution < 1.29 is 10.4 Å². The lowest BCUT2D eigenvalue weighted by Gasteiger charge is -2.08. The molecule has 0 aliphatic heterocycles. The maximum absolute atomic E-state index is 4.62. The van der Waals surface area contributed by atoms with Crippen LogP contribution in [0.4, 0.5) is 0 Å². The van der Waals surface area contributed by atoms with E-state index < -0.39 is 4.92 Å². The Kier molecular flexibility index (Phi) is 3.12. The molecule has 6 heavy (non-hydrogen) atoms. The van der Waals surface area contributed by atoms with Crippen LogP contribution in [0.1, 0.15) is 0 Å². The zero-order valence-corrected chi connectivity index (χ0v) is 3.20. The second-order valence-corrected chi connectivity index (χ2v) is 0.894. The molecule has 0 spiro atoms. The van der Waals surface area contributed by atoms with Crippen LogP contribution in [0.25, 0.3) is 0 Å². The van der Waals surface area contributed by atoms with Crippen molar-refractivity contribution in [2.24, 2.45) is 23.4 Å². The first-order valence-corrected chi connectivity index (χ1v) is 1.03. The molecule has 40 valence electrons. The molecule has 0 amide bonds. The third-order valence-electron chi connectivity index (χ3n) is 0. The smallest absolute Gasteiger partial charge is 0.0335 e. The van der Waals surface area contributed by atoms with Crippen LogP contribution in [0, 0.1) is 0 Å². The highest BCUT2D eigenvalue weighted by atomic mass is 16.0. The Hall–Kier alpha value is -0.240. The van der Waals surface area contributed by atoms with E-state index in [1.807, 2.05) is 0 Å². The molecule has 0 fully saturated rings. The first-order valence-electron chi connectivity index (χ1n) is 1.03. The van der Waals surface area contributed by atoms with Crippen LogP contribution in [0.2, 0.25) is 0 Å². The van der Waals surface area contributed by atoms with Gasteiger partial charge in [-0.05, 0) is 4.92 Å². The molecular formula is H9N5O. The SMILES string of the molecule is N[N+](N)(N)N.[OH-]. The van der Waals surface area contributed by atoms with Crippen molar-refractivity contribution in [3.05, 3.63) is 0 Å². The minimum atomic E-state index is -1.00. The van der Waals surface area contributed by atoms with Crippen molar-refractivity contribution >= 4 is 0 Å². The van der Waals surface area contributed by atoms with Crippen molar-refractivity contribution in [3.63, 3.8) is 0 Å². The van der Waals surface area contributed by atoms with E-state index in [1.165, 1.54) is 0 Å². The van der Waals surface area contributed by atoms with Gasteiger partial charge in [0, 0.05) is 0 Å². The Balaban J connectivity index is 0. The average Bonchev–Trinajstić information content (AvgIpc) is 0.722. The summed E-state index contributed by atoms with van der Waals surface area (Å²) in [5.74, 6) is 18.5. The Morgan fingerprint density at radius 3 is 0.833 bits per heavy atom. The molecule has 6 heteroatoms. The summed E-state index contributed by atoms with van der Waals surface area (Å²) in [6, 6.07) is 0. The Morgan fingerprint density at radius 2 is 0.833 bits per heavy atom. The molecular weight excluding hydrogens is 86.0 g/mol. The van der Waals surface area contributed by atoms with Crippen molar-refractivity contribution in [3.8, 4) is 0 Å². The van der Waals surface area contributed by atoms with Gasteiger partial charge in [0.2, 0.25) is 0 Å². The molecule has 0 aromatic carbocycles. The lowest BCUT2D eigenvalue weighted by atomic mass is 12.0. The number of quaternary nitrogens is 1. The van der Waals surface area contributed by atoms with Crippen LogP contribution in [-0.2, 0) is 0 Å². The highest BCUT2D eigenvalue weighted by Crippen LogP contribution is 1.35. The summed E-state index contributed by atoms with van der Waals surface area (Å²) in [6.45, 7) is 0. The van der Waals surface area contributed by atoms with E-state index in [1.54, 1.807) is 0 Å². The highest BCUT2D eigenvalue weighted by Gasteiger charge is 1.92. The second-order valence-electron chi connectivity index (χ2n) is 0.894. The number of hydrogen-bond donors (Lipinski definition) is 4. The molecule has 6 nitrogen and oxygen atoms in total. The lowest BCUT2D eigenvalue weighted by molar-refractivity contribution is -0.974. The summed E-state index contributed by atoms with van der Waals surface area (Å²) in [4.78, 5) is -1.00. The molecule has 0 saturated carbocycles. The van der Waals surface area contributed by atoms with E-state index in [-0.39, 0.29) is 5.48 Å². The van der Waals surface area contributed by atoms with Gasteiger partial charge in [-0.1, -0.05) is 0 Å². The molecule has 0 rings (SSSR count). The zero-order valence-electron chi connectivity index (χ0n) is 3.20. The van der Waals surface area contributed by atoms with Crippen molar-refractivity contribution in [1.29, 1.82) is 0 Å². The van der Waals surface area contributed by atoms with E-state index in [2.05, 4.69) is 23.4 Å². The summed E-state index contributed by atoms with van der Waals surface area (Å²) >= 11 is 0. The molecule has 0 aromatic rings. The minimum Gasteiger partial charge on any atom is -0.870 e. The molecule has 0 atom stereocenters. The van der Waals surface area contributed by atoms with Gasteiger partial charge in [0.1, 0.15) is 0 Å². The zero-order chi connectivity index (χ0) is 4.50. The van der Waals surface area contributed by atoms with Crippen LogP contribution >= 0.6 is 0 Å². The summed E-state index contributed by atoms with van der Waals surface area (Å²) in [5.41, 5.74) is 0. The molecule has 0 bridgehead atoms. The van der Waals surface area contributed by atoms with Crippen LogP contribution in [0.5, 0.6) is 0 Å². The molecule has 0 aliphatic rings. The van der Waals surface area contributed by atoms with Gasteiger partial charge in [0.25, 0.3) is 0 Å². The van der Waals surface area contributed by atoms with Crippen LogP contribution in [0.3, 0.4) is 0 Å². The quantitative estimate of drug-likeness (QED) is 0.146. The fraction of sp³-hybridized carbons (Fsp3) is 0. The summed E-state index contributed by atoms with van der Waals surface area (Å²) < 4.78 is 0. The van der Waals surface area contributed by atoms with Gasteiger partial charge in [-0.3, -0.25) is 0 Å². The number of nitrogens with two attached hydrogens (primary N) is 4. The van der Waals surface area contributed by atoms with Crippen molar-refractivity contribution in [1.82, 2.24) is 0 Å². The number of hydrogen-bond acceptors (Lipinski definition) is 5. The Morgan fingerprint density at radius 1 is 0.833 bits per heavy atom. The van der Waals surface area contributed by atoms with Crippen molar-refractivity contribution in [2.45, 2.75) is 0 Å². The largest absolute Gasteiger partial charge is 0.870 e. The van der Waals surface area contributed by atoms with E-state index in [0.717, 1.165) is 0 Å². The topological polar surface area (TPSA) is 134 Å². The van der Waals surface area contributed by atoms with Gasteiger partial charge in [-0.15, -0.1) is 23.4 Å². The van der Waals surface area contributed by atoms with E-state index in [0.29, 0.717) is 0 Å². The van der Waals surface area contributed by atoms with E-state index in [4.69, 9.17) is 0 Å². The summed E-state index contributed by atoms with van der Waals surface area (Å²) in [5, 5.41) is 0. The molecule has 0 heterocycles. The normalized spacial score (nSPS) is 10.0. The van der Waals surface area contributed by atoms with Gasteiger partial charge >= 0.3 is 0 Å². The third kappa shape index (κ3) is 497. The number of nitrogens with zero attached hydrogens (tertiary/aromatic N) is 1. The lowest BCUT2D eigenvalue weighted by Crippen LogP contribution is -2.71. The molecule has 0 unspecified atom stereocenters. The molecule has 0 aromatic heterocycles. The highest BCUT2D eigenvalue weighted by molar-refractivity contribution is 3.50. The summed E-state index contributed by atoms with van der Waals surface area (Å²) in [7, 11) is 0. The summed E-state index contributed by atoms with van der Waals surface area (Å²) in [6.07, 6.45) is 0. The maximum Gasteiger partial charge on any atom is -0.0335 e. The van der Waals surface area contributed by atoms with E-state index >= 15 is 0 Å². The Labute approximate surface area is 35.1 Å². The molecule has 0 radical (unpaired) electrons. The second kappa shape index (κ2) is 2.03. The van der Waals surface area contributed by atoms with Gasteiger partial charge in [-0.2, -0.15) is 0 Å². The maximum atomic E-state index is 4.62. The first-order chi connectivity index (χ1) is 2.00. The first kappa shape index (κ1) is 9.23. The van der Waals surface area contributed by atoms with Gasteiger partial charge < -0.3 is 5.48 Å². The standard InChI is InChI=1S/H8N5.H2O/c1-5(2,3)4;/h1-4H2;1H2/q+1;/p-1. The van der Waals surface area contributed by atoms with Crippen LogP contribution in [0.15, 0.2) is 0 Å². The van der Waals surface area contributed by atoms with E-state index in [9.17, 15) is 0 Å². The average molecular weight is 95.1 g/mol. The minimum absolute atomic E-state index is 0. The molecule has 9 N–H and O–H groups in total. The fourth-order valence-corrected chi connectivity index (χ4v) is 0. The monoisotopic (exact) mass is 95.1 g/mol. The number of rotatable bonds is 0. The third-order valence-corrected chi connectivity index (χ3v) is 0. The van der Waals surface area contributed by atoms with Gasteiger partial charge in [0.05, 0.1) is 0 Å².